The average Bonchev–Trinajstić information content (AvgIpc) is 2.48. The second-order valence-electron chi connectivity index (χ2n) is 4.60. The summed E-state index contributed by atoms with van der Waals surface area (Å²) in [6.45, 7) is 0. The first kappa shape index (κ1) is 15.5. The van der Waals surface area contributed by atoms with Crippen molar-refractivity contribution >= 4 is 22.2 Å². The third-order valence-electron chi connectivity index (χ3n) is 3.30. The van der Waals surface area contributed by atoms with Crippen molar-refractivity contribution in [2.24, 2.45) is 0 Å². The molecule has 0 spiro atoms. The van der Waals surface area contributed by atoms with E-state index in [1.165, 1.54) is 16.8 Å². The maximum absolute atomic E-state index is 9.33. The molecule has 1 atom stereocenters. The lowest BCUT2D eigenvalue weighted by molar-refractivity contribution is 0.324. The Hall–Kier alpha value is -1.89. The topological polar surface area (TPSA) is 66.8 Å². The largest absolute Gasteiger partial charge is 0.397 e. The van der Waals surface area contributed by atoms with Crippen LogP contribution in [0.25, 0.3) is 6.08 Å². The quantitative estimate of drug-likeness (QED) is 0.807. The van der Waals surface area contributed by atoms with E-state index in [9.17, 15) is 8.42 Å². The van der Waals surface area contributed by atoms with E-state index in [2.05, 4.69) is 70.8 Å². The number of allylic oxidation sites excluding steroid dienone is 2. The minimum atomic E-state index is -4.16. The molecule has 0 amide bonds. The van der Waals surface area contributed by atoms with Crippen molar-refractivity contribution in [3.8, 4) is 0 Å². The highest BCUT2D eigenvalue weighted by Gasteiger charge is 2.22. The molecule has 0 bridgehead atoms. The van der Waals surface area contributed by atoms with Crippen LogP contribution in [0.15, 0.2) is 54.1 Å². The number of benzene rings is 1. The summed E-state index contributed by atoms with van der Waals surface area (Å²) in [5, 5.41) is 0. The lowest BCUT2D eigenvalue weighted by Crippen LogP contribution is -2.34. The Labute approximate surface area is 124 Å². The molecule has 1 aromatic rings. The van der Waals surface area contributed by atoms with E-state index in [1.807, 2.05) is 0 Å². The molecule has 0 saturated carbocycles. The van der Waals surface area contributed by atoms with Gasteiger partial charge in [0, 0.05) is 12.7 Å². The van der Waals surface area contributed by atoms with E-state index in [-0.39, 0.29) is 0 Å². The van der Waals surface area contributed by atoms with Crippen LogP contribution in [-0.2, 0) is 14.6 Å². The molecule has 1 aromatic carbocycles. The molecule has 6 heteroatoms. The molecule has 1 N–H and O–H groups in total. The molecule has 1 heterocycles. The van der Waals surface area contributed by atoms with Gasteiger partial charge in [0.25, 0.3) is 0 Å². The van der Waals surface area contributed by atoms with Crippen molar-refractivity contribution in [2.75, 3.05) is 19.1 Å². The van der Waals surface area contributed by atoms with Crippen molar-refractivity contribution in [3.05, 3.63) is 59.7 Å². The van der Waals surface area contributed by atoms with Gasteiger partial charge in [-0.05, 0) is 23.3 Å². The summed E-state index contributed by atoms with van der Waals surface area (Å²) in [6.07, 6.45) is 10.9. The Balaban J connectivity index is 0.000000232. The second kappa shape index (κ2) is 6.26. The van der Waals surface area contributed by atoms with Crippen molar-refractivity contribution in [1.29, 1.82) is 0 Å². The van der Waals surface area contributed by atoms with Crippen molar-refractivity contribution in [3.63, 3.8) is 0 Å². The van der Waals surface area contributed by atoms with E-state index in [0.29, 0.717) is 6.04 Å². The SMILES string of the molecule is CN1c2ccccc2C=C2C=CC=CC21.COS(=O)(=O)O. The summed E-state index contributed by atoms with van der Waals surface area (Å²) in [7, 11) is -1.14. The Kier molecular flexibility index (Phi) is 4.62. The molecule has 1 aliphatic heterocycles. The fourth-order valence-electron chi connectivity index (χ4n) is 2.29. The first-order valence-electron chi connectivity index (χ1n) is 6.34. The summed E-state index contributed by atoms with van der Waals surface area (Å²) in [5.74, 6) is 0. The molecular weight excluding hydrogens is 290 g/mol. The third-order valence-corrected chi connectivity index (χ3v) is 3.72. The predicted molar refractivity (Wildman–Crippen MR) is 83.4 cm³/mol. The second-order valence-corrected chi connectivity index (χ2v) is 5.79. The Morgan fingerprint density at radius 2 is 1.90 bits per heavy atom. The number of anilines is 1. The molecule has 0 aromatic heterocycles. The highest BCUT2D eigenvalue weighted by molar-refractivity contribution is 7.80. The highest BCUT2D eigenvalue weighted by Crippen LogP contribution is 2.33. The number of hydrogen-bond donors (Lipinski definition) is 1. The van der Waals surface area contributed by atoms with Crippen LogP contribution in [0.5, 0.6) is 0 Å². The van der Waals surface area contributed by atoms with Crippen LogP contribution < -0.4 is 4.90 Å². The standard InChI is InChI=1S/C14H13N.CH4O4S/c1-15-13-8-4-2-6-11(13)10-12-7-3-5-9-14(12)15;1-5-6(2,3)4/h2-10,13H,1H3;1H3,(H,2,3,4). The number of hydrogen-bond acceptors (Lipinski definition) is 4. The van der Waals surface area contributed by atoms with Gasteiger partial charge in [0.2, 0.25) is 0 Å². The summed E-state index contributed by atoms with van der Waals surface area (Å²) < 4.78 is 29.7. The fraction of sp³-hybridized carbons (Fsp3) is 0.200. The van der Waals surface area contributed by atoms with Crippen LogP contribution in [0.3, 0.4) is 0 Å². The number of rotatable bonds is 1. The Morgan fingerprint density at radius 1 is 1.24 bits per heavy atom. The zero-order chi connectivity index (χ0) is 15.5. The maximum Gasteiger partial charge on any atom is 0.397 e. The smallest absolute Gasteiger partial charge is 0.364 e. The van der Waals surface area contributed by atoms with Crippen molar-refractivity contribution in [2.45, 2.75) is 6.04 Å². The highest BCUT2D eigenvalue weighted by atomic mass is 32.3. The van der Waals surface area contributed by atoms with Gasteiger partial charge in [-0.15, -0.1) is 0 Å². The molecular formula is C15H17NO4S. The zero-order valence-corrected chi connectivity index (χ0v) is 12.6. The van der Waals surface area contributed by atoms with Gasteiger partial charge in [-0.25, -0.2) is 0 Å². The van der Waals surface area contributed by atoms with Crippen LogP contribution in [0, 0.1) is 0 Å². The summed E-state index contributed by atoms with van der Waals surface area (Å²) in [5.41, 5.74) is 4.00. The monoisotopic (exact) mass is 307 g/mol. The van der Waals surface area contributed by atoms with Gasteiger partial charge < -0.3 is 4.90 Å². The normalized spacial score (nSPS) is 19.1. The van der Waals surface area contributed by atoms with Gasteiger partial charge in [-0.1, -0.05) is 42.5 Å². The predicted octanol–water partition coefficient (Wildman–Crippen LogP) is 2.45. The van der Waals surface area contributed by atoms with Gasteiger partial charge in [0.1, 0.15) is 0 Å². The Morgan fingerprint density at radius 3 is 2.57 bits per heavy atom. The summed E-state index contributed by atoms with van der Waals surface area (Å²) >= 11 is 0. The minimum Gasteiger partial charge on any atom is -0.364 e. The minimum absolute atomic E-state index is 0.407. The molecule has 5 nitrogen and oxygen atoms in total. The first-order chi connectivity index (χ1) is 9.92. The maximum atomic E-state index is 9.33. The van der Waals surface area contributed by atoms with E-state index in [4.69, 9.17) is 4.55 Å². The van der Waals surface area contributed by atoms with E-state index >= 15 is 0 Å². The van der Waals surface area contributed by atoms with Gasteiger partial charge in [-0.3, -0.25) is 8.74 Å². The third kappa shape index (κ3) is 3.81. The van der Waals surface area contributed by atoms with E-state index in [1.54, 1.807) is 0 Å². The van der Waals surface area contributed by atoms with Crippen LogP contribution in [-0.4, -0.2) is 33.2 Å². The lowest BCUT2D eigenvalue weighted by atomic mass is 9.93. The van der Waals surface area contributed by atoms with Crippen molar-refractivity contribution < 1.29 is 17.2 Å². The van der Waals surface area contributed by atoms with Crippen LogP contribution >= 0.6 is 0 Å². The fourth-order valence-corrected chi connectivity index (χ4v) is 2.29. The average molecular weight is 307 g/mol. The van der Waals surface area contributed by atoms with Gasteiger partial charge in [0.05, 0.1) is 13.2 Å². The summed E-state index contributed by atoms with van der Waals surface area (Å²) in [6, 6.07) is 8.93. The van der Waals surface area contributed by atoms with Gasteiger partial charge in [0.15, 0.2) is 0 Å². The molecule has 21 heavy (non-hydrogen) atoms. The van der Waals surface area contributed by atoms with Crippen LogP contribution in [0.2, 0.25) is 0 Å². The van der Waals surface area contributed by atoms with Crippen molar-refractivity contribution in [1.82, 2.24) is 0 Å². The molecule has 0 radical (unpaired) electrons. The molecule has 112 valence electrons. The number of para-hydroxylation sites is 1. The molecule has 2 aliphatic rings. The summed E-state index contributed by atoms with van der Waals surface area (Å²) in [4.78, 5) is 2.32. The molecule has 3 rings (SSSR count). The molecule has 0 saturated heterocycles. The van der Waals surface area contributed by atoms with Crippen LogP contribution in [0.1, 0.15) is 5.56 Å². The molecule has 0 fully saturated rings. The first-order valence-corrected chi connectivity index (χ1v) is 7.70. The zero-order valence-electron chi connectivity index (χ0n) is 11.8. The lowest BCUT2D eigenvalue weighted by Gasteiger charge is -2.34. The molecule has 1 aliphatic carbocycles. The Bertz CT molecular complexity index is 704. The van der Waals surface area contributed by atoms with E-state index < -0.39 is 10.4 Å². The van der Waals surface area contributed by atoms with Gasteiger partial charge >= 0.3 is 10.4 Å². The number of fused-ring (bicyclic) bond motifs is 2. The molecule has 1 unspecified atom stereocenters. The number of nitrogens with zero attached hydrogens (tertiary/aromatic N) is 1. The van der Waals surface area contributed by atoms with E-state index in [0.717, 1.165) is 7.11 Å². The van der Waals surface area contributed by atoms with Crippen LogP contribution in [0.4, 0.5) is 5.69 Å². The van der Waals surface area contributed by atoms with Gasteiger partial charge in [-0.2, -0.15) is 8.42 Å². The number of likely N-dealkylation sites (N-methyl/N-ethyl adjacent to an activating group) is 1.